The van der Waals surface area contributed by atoms with Crippen molar-refractivity contribution in [2.24, 2.45) is 23.2 Å². The highest BCUT2D eigenvalue weighted by Crippen LogP contribution is 2.58. The minimum atomic E-state index is -0.562. The molecule has 0 bridgehead atoms. The highest BCUT2D eigenvalue weighted by Gasteiger charge is 2.52. The Labute approximate surface area is 139 Å². The predicted molar refractivity (Wildman–Crippen MR) is 89.7 cm³/mol. The van der Waals surface area contributed by atoms with E-state index in [2.05, 4.69) is 25.2 Å². The van der Waals surface area contributed by atoms with Gasteiger partial charge in [0.25, 0.3) is 0 Å². The minimum absolute atomic E-state index is 0.157. The van der Waals surface area contributed by atoms with Gasteiger partial charge in [0.2, 0.25) is 0 Å². The van der Waals surface area contributed by atoms with Crippen LogP contribution in [0.5, 0.6) is 0 Å². The van der Waals surface area contributed by atoms with Crippen molar-refractivity contribution >= 4 is 5.97 Å². The average molecular weight is 324 g/mol. The van der Waals surface area contributed by atoms with E-state index in [1.54, 1.807) is 0 Å². The Morgan fingerprint density at radius 2 is 2.09 bits per heavy atom. The molecular weight excluding hydrogens is 292 g/mol. The highest BCUT2D eigenvalue weighted by atomic mass is 16.5. The molecular formula is C19H32O4. The van der Waals surface area contributed by atoms with Crippen molar-refractivity contribution in [1.82, 2.24) is 0 Å². The number of methoxy groups -OCH3 is 1. The van der Waals surface area contributed by atoms with Crippen LogP contribution in [-0.2, 0) is 9.53 Å². The molecule has 2 N–H and O–H groups in total. The minimum Gasteiger partial charge on any atom is -0.466 e. The lowest BCUT2D eigenvalue weighted by molar-refractivity contribution is -0.136. The molecule has 4 nitrogen and oxygen atoms in total. The first-order valence-corrected chi connectivity index (χ1v) is 8.91. The van der Waals surface area contributed by atoms with E-state index in [1.165, 1.54) is 13.5 Å². The normalized spacial score (nSPS) is 36.1. The first-order chi connectivity index (χ1) is 10.8. The Bertz CT molecular complexity index is 447. The van der Waals surface area contributed by atoms with Gasteiger partial charge in [-0.15, -0.1) is 0 Å². The number of fused-ring (bicyclic) bond motifs is 1. The van der Waals surface area contributed by atoms with Crippen LogP contribution in [0.15, 0.2) is 12.2 Å². The molecule has 4 heteroatoms. The van der Waals surface area contributed by atoms with Crippen molar-refractivity contribution in [1.29, 1.82) is 0 Å². The van der Waals surface area contributed by atoms with Crippen molar-refractivity contribution in [3.05, 3.63) is 12.2 Å². The zero-order valence-electron chi connectivity index (χ0n) is 14.8. The number of rotatable bonds is 6. The van der Waals surface area contributed by atoms with Crippen molar-refractivity contribution in [3.8, 4) is 0 Å². The van der Waals surface area contributed by atoms with E-state index in [0.717, 1.165) is 25.7 Å². The van der Waals surface area contributed by atoms with Crippen LogP contribution in [0.2, 0.25) is 0 Å². The van der Waals surface area contributed by atoms with Gasteiger partial charge in [-0.1, -0.05) is 26.8 Å². The van der Waals surface area contributed by atoms with Crippen molar-refractivity contribution in [3.63, 3.8) is 0 Å². The van der Waals surface area contributed by atoms with Gasteiger partial charge in [-0.3, -0.25) is 0 Å². The molecule has 6 atom stereocenters. The van der Waals surface area contributed by atoms with Gasteiger partial charge in [-0.2, -0.15) is 0 Å². The Morgan fingerprint density at radius 1 is 1.39 bits per heavy atom. The molecule has 0 amide bonds. The van der Waals surface area contributed by atoms with Crippen LogP contribution in [0.4, 0.5) is 0 Å². The van der Waals surface area contributed by atoms with E-state index >= 15 is 0 Å². The van der Waals surface area contributed by atoms with E-state index < -0.39 is 12.1 Å². The summed E-state index contributed by atoms with van der Waals surface area (Å²) in [4.78, 5) is 11.4. The molecule has 132 valence electrons. The van der Waals surface area contributed by atoms with Crippen LogP contribution < -0.4 is 0 Å². The molecule has 2 saturated carbocycles. The number of carbonyl (C=O) groups is 1. The number of aliphatic hydroxyl groups is 2. The number of esters is 1. The summed E-state index contributed by atoms with van der Waals surface area (Å²) in [6, 6.07) is 0. The highest BCUT2D eigenvalue weighted by molar-refractivity contribution is 5.87. The van der Waals surface area contributed by atoms with E-state index in [0.29, 0.717) is 29.7 Å². The third kappa shape index (κ3) is 3.80. The summed E-state index contributed by atoms with van der Waals surface area (Å²) >= 11 is 0. The molecule has 0 heterocycles. The molecule has 2 unspecified atom stereocenters. The maximum atomic E-state index is 11.4. The monoisotopic (exact) mass is 324 g/mol. The summed E-state index contributed by atoms with van der Waals surface area (Å²) in [6.45, 7) is 8.22. The Kier molecular flexibility index (Phi) is 5.90. The molecule has 23 heavy (non-hydrogen) atoms. The lowest BCUT2D eigenvalue weighted by Crippen LogP contribution is -2.41. The molecule has 0 saturated heterocycles. The van der Waals surface area contributed by atoms with Crippen molar-refractivity contribution in [2.75, 3.05) is 7.11 Å². The average Bonchev–Trinajstić information content (AvgIpc) is 2.84. The third-order valence-electron chi connectivity index (χ3n) is 6.45. The molecule has 0 aromatic heterocycles. The van der Waals surface area contributed by atoms with Crippen LogP contribution in [0.1, 0.15) is 58.8 Å². The summed E-state index contributed by atoms with van der Waals surface area (Å²) in [7, 11) is 1.33. The fourth-order valence-corrected chi connectivity index (χ4v) is 5.31. The maximum Gasteiger partial charge on any atom is 0.333 e. The van der Waals surface area contributed by atoms with E-state index in [9.17, 15) is 15.0 Å². The smallest absolute Gasteiger partial charge is 0.333 e. The van der Waals surface area contributed by atoms with Gasteiger partial charge in [-0.25, -0.2) is 4.79 Å². The second kappa shape index (κ2) is 7.35. The molecule has 2 aliphatic carbocycles. The first-order valence-electron chi connectivity index (χ1n) is 8.91. The zero-order valence-corrected chi connectivity index (χ0v) is 14.8. The molecule has 0 spiro atoms. The summed E-state index contributed by atoms with van der Waals surface area (Å²) in [6.07, 6.45) is 5.65. The van der Waals surface area contributed by atoms with Gasteiger partial charge in [0.05, 0.1) is 19.3 Å². The van der Waals surface area contributed by atoms with E-state index in [1.807, 2.05) is 0 Å². The molecule has 2 aliphatic rings. The van der Waals surface area contributed by atoms with Crippen LogP contribution >= 0.6 is 0 Å². The van der Waals surface area contributed by atoms with Gasteiger partial charge >= 0.3 is 5.97 Å². The van der Waals surface area contributed by atoms with Gasteiger partial charge < -0.3 is 14.9 Å². The summed E-state index contributed by atoms with van der Waals surface area (Å²) in [5.41, 5.74) is 0.520. The maximum absolute atomic E-state index is 11.4. The summed E-state index contributed by atoms with van der Waals surface area (Å²) in [5.74, 6) is 0.866. The SMILES string of the molecule is C=C(C[C@@H](O)C[C@@H](C)[C@H]1CCC2C(O)CCC[C@@]21C)C(=O)OC. The van der Waals surface area contributed by atoms with Gasteiger partial charge in [-0.05, 0) is 55.3 Å². The lowest BCUT2D eigenvalue weighted by atomic mass is 9.61. The molecule has 0 radical (unpaired) electrons. The third-order valence-corrected chi connectivity index (χ3v) is 6.45. The van der Waals surface area contributed by atoms with Crippen LogP contribution in [0, 0.1) is 23.2 Å². The fraction of sp³-hybridized carbons (Fsp3) is 0.842. The van der Waals surface area contributed by atoms with Crippen molar-refractivity contribution < 1.29 is 19.7 Å². The van der Waals surface area contributed by atoms with Gasteiger partial charge in [0.1, 0.15) is 0 Å². The van der Waals surface area contributed by atoms with Gasteiger partial charge in [0, 0.05) is 12.0 Å². The Morgan fingerprint density at radius 3 is 2.74 bits per heavy atom. The number of aliphatic hydroxyl groups excluding tert-OH is 2. The standard InChI is InChI=1S/C19H32O4/c1-12(10-14(20)11-13(2)18(22)23-4)15-7-8-16-17(21)6-5-9-19(15,16)3/h12,14-17,20-21H,2,5-11H2,1,3-4H3/t12-,14+,15-,16?,17?,19-/m1/s1. The quantitative estimate of drug-likeness (QED) is 0.582. The zero-order chi connectivity index (χ0) is 17.2. The number of hydrogen-bond acceptors (Lipinski definition) is 4. The lowest BCUT2D eigenvalue weighted by Gasteiger charge is -2.45. The fourth-order valence-electron chi connectivity index (χ4n) is 5.31. The second-order valence-electron chi connectivity index (χ2n) is 7.92. The molecule has 0 aliphatic heterocycles. The molecule has 0 aromatic carbocycles. The molecule has 2 rings (SSSR count). The van der Waals surface area contributed by atoms with E-state index in [-0.39, 0.29) is 17.9 Å². The largest absolute Gasteiger partial charge is 0.466 e. The van der Waals surface area contributed by atoms with E-state index in [4.69, 9.17) is 0 Å². The number of carbonyl (C=O) groups excluding carboxylic acids is 1. The Hall–Kier alpha value is -0.870. The summed E-state index contributed by atoms with van der Waals surface area (Å²) < 4.78 is 4.64. The summed E-state index contributed by atoms with van der Waals surface area (Å²) in [5, 5.41) is 20.6. The van der Waals surface area contributed by atoms with Crippen LogP contribution in [0.25, 0.3) is 0 Å². The Balaban J connectivity index is 1.94. The molecule has 0 aromatic rings. The topological polar surface area (TPSA) is 66.8 Å². The van der Waals surface area contributed by atoms with Crippen molar-refractivity contribution in [2.45, 2.75) is 71.0 Å². The predicted octanol–water partition coefficient (Wildman–Crippen LogP) is 3.07. The van der Waals surface area contributed by atoms with Crippen LogP contribution in [-0.4, -0.2) is 35.5 Å². The molecule has 2 fully saturated rings. The second-order valence-corrected chi connectivity index (χ2v) is 7.92. The first kappa shape index (κ1) is 18.5. The number of ether oxygens (including phenoxy) is 1. The van der Waals surface area contributed by atoms with Gasteiger partial charge in [0.15, 0.2) is 0 Å². The number of hydrogen-bond donors (Lipinski definition) is 2. The van der Waals surface area contributed by atoms with Crippen LogP contribution in [0.3, 0.4) is 0 Å².